The molecule has 1 rings (SSSR count). The molecule has 0 aliphatic rings. The fourth-order valence-corrected chi connectivity index (χ4v) is 1.67. The lowest BCUT2D eigenvalue weighted by Crippen LogP contribution is -2.11. The Hall–Kier alpha value is -1.61. The molecule has 0 heterocycles. The molecule has 2 N–H and O–H groups in total. The number of hydrogen-bond donors (Lipinski definition) is 1. The van der Waals surface area contributed by atoms with Crippen LogP contribution in [0.4, 0.5) is 0 Å². The van der Waals surface area contributed by atoms with Gasteiger partial charge in [0.25, 0.3) is 0 Å². The molecule has 3 heteroatoms. The highest BCUT2D eigenvalue weighted by Gasteiger charge is 2.13. The third kappa shape index (κ3) is 3.70. The Kier molecular flexibility index (Phi) is 5.59. The molecule has 0 fully saturated rings. The van der Waals surface area contributed by atoms with E-state index in [-0.39, 0.29) is 5.78 Å². The van der Waals surface area contributed by atoms with Gasteiger partial charge in [0.15, 0.2) is 5.78 Å². The Morgan fingerprint density at radius 2 is 1.83 bits per heavy atom. The highest BCUT2D eigenvalue weighted by atomic mass is 79.9. The van der Waals surface area contributed by atoms with E-state index in [1.165, 1.54) is 0 Å². The maximum Gasteiger partial charge on any atom is 0.195 e. The largest absolute Gasteiger partial charge is 0.398 e. The topological polar surface area (TPSA) is 43.1 Å². The number of allylic oxidation sites excluding steroid dienone is 5. The zero-order chi connectivity index (χ0) is 13.5. The minimum Gasteiger partial charge on any atom is -0.398 e. The zero-order valence-corrected chi connectivity index (χ0v) is 12.1. The summed E-state index contributed by atoms with van der Waals surface area (Å²) < 4.78 is 0.942. The van der Waals surface area contributed by atoms with Gasteiger partial charge in [0, 0.05) is 21.3 Å². The molecule has 0 spiro atoms. The average molecular weight is 306 g/mol. The summed E-state index contributed by atoms with van der Waals surface area (Å²) >= 11 is 3.34. The number of rotatable bonds is 4. The smallest absolute Gasteiger partial charge is 0.195 e. The second kappa shape index (κ2) is 6.97. The lowest BCUT2D eigenvalue weighted by molar-refractivity contribution is 0.103. The standard InChI is InChI=1S/C15H16BrNO/c1-3-5-6-13(14(17)4-2)15(18)11-7-9-12(16)10-8-11/h3-10H,17H2,1-2H3/b5-3-,13-6+,14-4-. The Morgan fingerprint density at radius 3 is 2.33 bits per heavy atom. The van der Waals surface area contributed by atoms with Crippen LogP contribution >= 0.6 is 15.9 Å². The van der Waals surface area contributed by atoms with Crippen molar-refractivity contribution in [2.45, 2.75) is 13.8 Å². The summed E-state index contributed by atoms with van der Waals surface area (Å²) in [6, 6.07) is 7.23. The highest BCUT2D eigenvalue weighted by Crippen LogP contribution is 2.16. The first kappa shape index (κ1) is 14.5. The Balaban J connectivity index is 3.14. The van der Waals surface area contributed by atoms with Crippen molar-refractivity contribution in [3.8, 4) is 0 Å². The monoisotopic (exact) mass is 305 g/mol. The van der Waals surface area contributed by atoms with E-state index < -0.39 is 0 Å². The van der Waals surface area contributed by atoms with E-state index in [1.807, 2.05) is 38.1 Å². The summed E-state index contributed by atoms with van der Waals surface area (Å²) in [6.45, 7) is 3.71. The van der Waals surface area contributed by atoms with Crippen molar-refractivity contribution >= 4 is 21.7 Å². The van der Waals surface area contributed by atoms with Gasteiger partial charge in [-0.05, 0) is 44.2 Å². The van der Waals surface area contributed by atoms with Crippen LogP contribution in [0.3, 0.4) is 0 Å². The number of carbonyl (C=O) groups is 1. The van der Waals surface area contributed by atoms with Gasteiger partial charge < -0.3 is 5.73 Å². The van der Waals surface area contributed by atoms with Crippen LogP contribution in [0.15, 0.2) is 64.3 Å². The van der Waals surface area contributed by atoms with E-state index in [0.29, 0.717) is 16.8 Å². The minimum absolute atomic E-state index is 0.0730. The van der Waals surface area contributed by atoms with Gasteiger partial charge in [0.2, 0.25) is 0 Å². The fraction of sp³-hybridized carbons (Fsp3) is 0.133. The van der Waals surface area contributed by atoms with Crippen LogP contribution < -0.4 is 5.73 Å². The molecule has 0 saturated heterocycles. The normalized spacial score (nSPS) is 13.1. The molecular formula is C15H16BrNO. The summed E-state index contributed by atoms with van der Waals surface area (Å²) in [7, 11) is 0. The number of Topliss-reactive ketones (excluding diaryl/α,β-unsaturated/α-hetero) is 1. The van der Waals surface area contributed by atoms with Crippen molar-refractivity contribution in [3.05, 3.63) is 69.9 Å². The lowest BCUT2D eigenvalue weighted by Gasteiger charge is -2.06. The van der Waals surface area contributed by atoms with Gasteiger partial charge in [0.05, 0.1) is 0 Å². The van der Waals surface area contributed by atoms with Crippen LogP contribution in [0.1, 0.15) is 24.2 Å². The average Bonchev–Trinajstić information content (AvgIpc) is 2.39. The van der Waals surface area contributed by atoms with E-state index in [0.717, 1.165) is 4.47 Å². The van der Waals surface area contributed by atoms with Crippen molar-refractivity contribution in [3.63, 3.8) is 0 Å². The predicted molar refractivity (Wildman–Crippen MR) is 79.3 cm³/mol. The van der Waals surface area contributed by atoms with Crippen molar-refractivity contribution in [1.29, 1.82) is 0 Å². The predicted octanol–water partition coefficient (Wildman–Crippen LogP) is 4.00. The lowest BCUT2D eigenvalue weighted by atomic mass is 10.0. The first-order valence-electron chi connectivity index (χ1n) is 5.65. The van der Waals surface area contributed by atoms with Gasteiger partial charge in [-0.3, -0.25) is 4.79 Å². The summed E-state index contributed by atoms with van der Waals surface area (Å²) in [5.41, 5.74) is 7.48. The molecule has 0 aromatic heterocycles. The number of nitrogens with two attached hydrogens (primary N) is 1. The summed E-state index contributed by atoms with van der Waals surface area (Å²) in [5.74, 6) is -0.0730. The number of ketones is 1. The molecular weight excluding hydrogens is 290 g/mol. The molecule has 0 radical (unpaired) electrons. The Labute approximate surface area is 116 Å². The number of carbonyl (C=O) groups excluding carboxylic acids is 1. The molecule has 1 aromatic rings. The van der Waals surface area contributed by atoms with Crippen LogP contribution in [-0.2, 0) is 0 Å². The van der Waals surface area contributed by atoms with E-state index in [2.05, 4.69) is 15.9 Å². The highest BCUT2D eigenvalue weighted by molar-refractivity contribution is 9.10. The molecule has 0 bridgehead atoms. The van der Waals surface area contributed by atoms with Crippen molar-refractivity contribution < 1.29 is 4.79 Å². The molecule has 0 aliphatic heterocycles. The van der Waals surface area contributed by atoms with Crippen LogP contribution in [0.5, 0.6) is 0 Å². The van der Waals surface area contributed by atoms with Crippen molar-refractivity contribution in [2.75, 3.05) is 0 Å². The summed E-state index contributed by atoms with van der Waals surface area (Å²) in [5, 5.41) is 0. The van der Waals surface area contributed by atoms with Gasteiger partial charge in [-0.2, -0.15) is 0 Å². The molecule has 94 valence electrons. The molecule has 0 aliphatic carbocycles. The van der Waals surface area contributed by atoms with Crippen molar-refractivity contribution in [2.24, 2.45) is 5.73 Å². The van der Waals surface area contributed by atoms with E-state index in [4.69, 9.17) is 5.73 Å². The van der Waals surface area contributed by atoms with Crippen LogP contribution in [-0.4, -0.2) is 5.78 Å². The van der Waals surface area contributed by atoms with E-state index in [1.54, 1.807) is 24.3 Å². The molecule has 2 nitrogen and oxygen atoms in total. The molecule has 18 heavy (non-hydrogen) atoms. The van der Waals surface area contributed by atoms with Gasteiger partial charge in [-0.25, -0.2) is 0 Å². The van der Waals surface area contributed by atoms with Gasteiger partial charge in [-0.15, -0.1) is 0 Å². The number of halogens is 1. The van der Waals surface area contributed by atoms with E-state index in [9.17, 15) is 4.79 Å². The first-order valence-corrected chi connectivity index (χ1v) is 6.44. The molecule has 0 amide bonds. The van der Waals surface area contributed by atoms with E-state index >= 15 is 0 Å². The molecule has 0 unspecified atom stereocenters. The molecule has 1 aromatic carbocycles. The second-order valence-electron chi connectivity index (χ2n) is 3.69. The fourth-order valence-electron chi connectivity index (χ4n) is 1.41. The second-order valence-corrected chi connectivity index (χ2v) is 4.60. The quantitative estimate of drug-likeness (QED) is 0.519. The zero-order valence-electron chi connectivity index (χ0n) is 10.5. The van der Waals surface area contributed by atoms with Gasteiger partial charge in [-0.1, -0.05) is 34.2 Å². The van der Waals surface area contributed by atoms with Crippen molar-refractivity contribution in [1.82, 2.24) is 0 Å². The van der Waals surface area contributed by atoms with Gasteiger partial charge in [0.1, 0.15) is 0 Å². The van der Waals surface area contributed by atoms with Crippen LogP contribution in [0.2, 0.25) is 0 Å². The van der Waals surface area contributed by atoms with Crippen LogP contribution in [0, 0.1) is 0 Å². The van der Waals surface area contributed by atoms with Crippen LogP contribution in [0.25, 0.3) is 0 Å². The summed E-state index contributed by atoms with van der Waals surface area (Å²) in [6.07, 6.45) is 7.13. The molecule has 0 saturated carbocycles. The first-order chi connectivity index (χ1) is 8.60. The maximum atomic E-state index is 12.3. The Bertz CT molecular complexity index is 510. The summed E-state index contributed by atoms with van der Waals surface area (Å²) in [4.78, 5) is 12.3. The number of hydrogen-bond acceptors (Lipinski definition) is 2. The third-order valence-corrected chi connectivity index (χ3v) is 2.96. The number of benzene rings is 1. The SMILES string of the molecule is C\C=C/C=C(C(=O)c1ccc(Br)cc1)\C(N)=C\C. The minimum atomic E-state index is -0.0730. The van der Waals surface area contributed by atoms with Gasteiger partial charge >= 0.3 is 0 Å². The molecule has 0 atom stereocenters. The third-order valence-electron chi connectivity index (χ3n) is 2.43. The Morgan fingerprint density at radius 1 is 1.22 bits per heavy atom. The maximum absolute atomic E-state index is 12.3.